The van der Waals surface area contributed by atoms with Crippen LogP contribution < -0.4 is 10.9 Å². The molecule has 2 aromatic rings. The van der Waals surface area contributed by atoms with Gasteiger partial charge in [0.1, 0.15) is 0 Å². The van der Waals surface area contributed by atoms with E-state index in [1.54, 1.807) is 12.3 Å². The van der Waals surface area contributed by atoms with E-state index in [-0.39, 0.29) is 11.5 Å². The number of likely N-dealkylation sites (tertiary alicyclic amines) is 1. The Kier molecular flexibility index (Phi) is 6.47. The van der Waals surface area contributed by atoms with Gasteiger partial charge in [-0.1, -0.05) is 23.7 Å². The monoisotopic (exact) mass is 373 g/mol. The SMILES string of the molecule is O=C(CN1CCC(c2cc[nH]c(=O)c2)CC1)NCCc1ccc(Cl)cc1. The van der Waals surface area contributed by atoms with Crippen molar-refractivity contribution >= 4 is 17.5 Å². The van der Waals surface area contributed by atoms with Crippen molar-refractivity contribution in [1.82, 2.24) is 15.2 Å². The number of carbonyl (C=O) groups excluding carboxylic acids is 1. The molecule has 1 aromatic heterocycles. The second-order valence-corrected chi connectivity index (χ2v) is 7.20. The lowest BCUT2D eigenvalue weighted by Gasteiger charge is -2.31. The third-order valence-corrected chi connectivity index (χ3v) is 5.13. The van der Waals surface area contributed by atoms with Crippen molar-refractivity contribution in [2.45, 2.75) is 25.2 Å². The van der Waals surface area contributed by atoms with Crippen LogP contribution in [-0.2, 0) is 11.2 Å². The molecule has 0 saturated carbocycles. The van der Waals surface area contributed by atoms with E-state index in [4.69, 9.17) is 11.6 Å². The smallest absolute Gasteiger partial charge is 0.248 e. The van der Waals surface area contributed by atoms with Crippen LogP contribution in [0.3, 0.4) is 0 Å². The predicted octanol–water partition coefficient (Wildman–Crippen LogP) is 2.57. The molecule has 1 saturated heterocycles. The average Bonchev–Trinajstić information content (AvgIpc) is 2.64. The van der Waals surface area contributed by atoms with Crippen molar-refractivity contribution in [1.29, 1.82) is 0 Å². The Hall–Kier alpha value is -2.11. The molecule has 0 spiro atoms. The number of aromatic amines is 1. The van der Waals surface area contributed by atoms with Crippen molar-refractivity contribution in [3.8, 4) is 0 Å². The van der Waals surface area contributed by atoms with E-state index in [0.29, 0.717) is 19.0 Å². The number of amides is 1. The molecule has 1 aliphatic heterocycles. The summed E-state index contributed by atoms with van der Waals surface area (Å²) < 4.78 is 0. The Bertz CT molecular complexity index is 780. The molecule has 138 valence electrons. The van der Waals surface area contributed by atoms with Crippen molar-refractivity contribution < 1.29 is 4.79 Å². The highest BCUT2D eigenvalue weighted by molar-refractivity contribution is 6.30. The molecule has 6 heteroatoms. The van der Waals surface area contributed by atoms with Crippen molar-refractivity contribution in [3.63, 3.8) is 0 Å². The van der Waals surface area contributed by atoms with Crippen LogP contribution in [0.5, 0.6) is 0 Å². The lowest BCUT2D eigenvalue weighted by atomic mass is 9.90. The zero-order valence-corrected chi connectivity index (χ0v) is 15.5. The highest BCUT2D eigenvalue weighted by Gasteiger charge is 2.22. The summed E-state index contributed by atoms with van der Waals surface area (Å²) >= 11 is 5.87. The largest absolute Gasteiger partial charge is 0.355 e. The fourth-order valence-corrected chi connectivity index (χ4v) is 3.52. The van der Waals surface area contributed by atoms with Gasteiger partial charge in [0.2, 0.25) is 11.5 Å². The third kappa shape index (κ3) is 5.44. The minimum absolute atomic E-state index is 0.0509. The van der Waals surface area contributed by atoms with E-state index in [9.17, 15) is 9.59 Å². The van der Waals surface area contributed by atoms with Crippen LogP contribution in [0, 0.1) is 0 Å². The van der Waals surface area contributed by atoms with Gasteiger partial charge in [-0.3, -0.25) is 14.5 Å². The normalized spacial score (nSPS) is 15.7. The first-order chi connectivity index (χ1) is 12.6. The quantitative estimate of drug-likeness (QED) is 0.817. The predicted molar refractivity (Wildman–Crippen MR) is 104 cm³/mol. The Morgan fingerprint density at radius 1 is 1.19 bits per heavy atom. The van der Waals surface area contributed by atoms with Gasteiger partial charge in [-0.15, -0.1) is 0 Å². The maximum absolute atomic E-state index is 12.1. The van der Waals surface area contributed by atoms with Gasteiger partial charge in [-0.05, 0) is 67.6 Å². The standard InChI is InChI=1S/C20H24ClN3O2/c21-18-3-1-15(2-4-18)5-9-23-20(26)14-24-11-7-16(8-12-24)17-6-10-22-19(25)13-17/h1-4,6,10,13,16H,5,7-9,11-12,14H2,(H,22,25)(H,23,26). The van der Waals surface area contributed by atoms with Crippen LogP contribution in [0.15, 0.2) is 47.4 Å². The first-order valence-corrected chi connectivity index (χ1v) is 9.40. The number of aromatic nitrogens is 1. The van der Waals surface area contributed by atoms with Crippen LogP contribution in [-0.4, -0.2) is 42.0 Å². The number of pyridine rings is 1. The summed E-state index contributed by atoms with van der Waals surface area (Å²) in [6, 6.07) is 11.4. The van der Waals surface area contributed by atoms with E-state index in [2.05, 4.69) is 15.2 Å². The molecule has 0 unspecified atom stereocenters. The van der Waals surface area contributed by atoms with E-state index < -0.39 is 0 Å². The molecule has 2 heterocycles. The molecule has 0 bridgehead atoms. The second kappa shape index (κ2) is 9.01. The van der Waals surface area contributed by atoms with Gasteiger partial charge >= 0.3 is 0 Å². The zero-order chi connectivity index (χ0) is 18.4. The molecular formula is C20H24ClN3O2. The summed E-state index contributed by atoms with van der Waals surface area (Å²) in [4.78, 5) is 28.4. The zero-order valence-electron chi connectivity index (χ0n) is 14.7. The summed E-state index contributed by atoms with van der Waals surface area (Å²) in [7, 11) is 0. The average molecular weight is 374 g/mol. The summed E-state index contributed by atoms with van der Waals surface area (Å²) in [5.41, 5.74) is 2.21. The molecule has 1 aromatic carbocycles. The summed E-state index contributed by atoms with van der Waals surface area (Å²) in [6.45, 7) is 2.82. The molecule has 3 rings (SSSR count). The minimum atomic E-state index is -0.0509. The lowest BCUT2D eigenvalue weighted by molar-refractivity contribution is -0.122. The Morgan fingerprint density at radius 3 is 2.62 bits per heavy atom. The van der Waals surface area contributed by atoms with E-state index in [0.717, 1.165) is 48.5 Å². The first kappa shape index (κ1) is 18.7. The number of hydrogen-bond acceptors (Lipinski definition) is 3. The Balaban J connectivity index is 1.38. The molecule has 5 nitrogen and oxygen atoms in total. The third-order valence-electron chi connectivity index (χ3n) is 4.87. The van der Waals surface area contributed by atoms with Crippen LogP contribution in [0.25, 0.3) is 0 Å². The fraction of sp³-hybridized carbons (Fsp3) is 0.400. The number of carbonyl (C=O) groups is 1. The number of rotatable bonds is 6. The molecule has 26 heavy (non-hydrogen) atoms. The van der Waals surface area contributed by atoms with E-state index in [1.165, 1.54) is 0 Å². The van der Waals surface area contributed by atoms with Crippen LogP contribution in [0.2, 0.25) is 5.02 Å². The molecule has 0 atom stereocenters. The van der Waals surface area contributed by atoms with Crippen molar-refractivity contribution in [2.75, 3.05) is 26.2 Å². The van der Waals surface area contributed by atoms with E-state index in [1.807, 2.05) is 30.3 Å². The highest BCUT2D eigenvalue weighted by atomic mass is 35.5. The number of nitrogens with zero attached hydrogens (tertiary/aromatic N) is 1. The van der Waals surface area contributed by atoms with Crippen LogP contribution in [0.1, 0.15) is 29.9 Å². The highest BCUT2D eigenvalue weighted by Crippen LogP contribution is 2.26. The molecule has 0 aliphatic carbocycles. The molecule has 1 fully saturated rings. The van der Waals surface area contributed by atoms with Gasteiger partial charge in [0.15, 0.2) is 0 Å². The number of nitrogens with one attached hydrogen (secondary N) is 2. The lowest BCUT2D eigenvalue weighted by Crippen LogP contribution is -2.41. The number of H-pyrrole nitrogens is 1. The van der Waals surface area contributed by atoms with Crippen molar-refractivity contribution in [3.05, 3.63) is 69.1 Å². The number of piperidine rings is 1. The summed E-state index contributed by atoms with van der Waals surface area (Å²) in [6.07, 6.45) is 4.45. The Morgan fingerprint density at radius 2 is 1.92 bits per heavy atom. The number of halogens is 1. The summed E-state index contributed by atoms with van der Waals surface area (Å²) in [5, 5.41) is 3.71. The van der Waals surface area contributed by atoms with Gasteiger partial charge in [0.05, 0.1) is 6.54 Å². The van der Waals surface area contributed by atoms with Gasteiger partial charge in [-0.25, -0.2) is 0 Å². The van der Waals surface area contributed by atoms with Crippen molar-refractivity contribution in [2.24, 2.45) is 0 Å². The van der Waals surface area contributed by atoms with Gasteiger partial charge in [-0.2, -0.15) is 0 Å². The minimum Gasteiger partial charge on any atom is -0.355 e. The second-order valence-electron chi connectivity index (χ2n) is 6.76. The Labute approximate surface area is 158 Å². The maximum Gasteiger partial charge on any atom is 0.248 e. The number of benzene rings is 1. The fourth-order valence-electron chi connectivity index (χ4n) is 3.40. The first-order valence-electron chi connectivity index (χ1n) is 9.02. The molecule has 1 amide bonds. The maximum atomic E-state index is 12.1. The topological polar surface area (TPSA) is 65.2 Å². The number of hydrogen-bond donors (Lipinski definition) is 2. The molecule has 2 N–H and O–H groups in total. The summed E-state index contributed by atoms with van der Waals surface area (Å²) in [5.74, 6) is 0.468. The van der Waals surface area contributed by atoms with Crippen LogP contribution in [0.4, 0.5) is 0 Å². The molecule has 1 aliphatic rings. The van der Waals surface area contributed by atoms with Crippen LogP contribution >= 0.6 is 11.6 Å². The van der Waals surface area contributed by atoms with Gasteiger partial charge in [0.25, 0.3) is 0 Å². The van der Waals surface area contributed by atoms with Gasteiger partial charge < -0.3 is 10.3 Å². The van der Waals surface area contributed by atoms with Gasteiger partial charge in [0, 0.05) is 23.8 Å². The molecular weight excluding hydrogens is 350 g/mol. The molecule has 0 radical (unpaired) electrons. The van der Waals surface area contributed by atoms with E-state index >= 15 is 0 Å².